The minimum atomic E-state index is -1.24. The lowest BCUT2D eigenvalue weighted by atomic mass is 9.81. The van der Waals surface area contributed by atoms with Crippen LogP contribution in [0.15, 0.2) is 51.6 Å². The SMILES string of the molecule is CCOC1OC(C(=O)O)=CC(c2coc3ccccc3c2=O)C1CCOCCOCCO. The third-order valence-electron chi connectivity index (χ3n) is 5.20. The highest BCUT2D eigenvalue weighted by Crippen LogP contribution is 2.38. The fourth-order valence-corrected chi connectivity index (χ4v) is 3.72. The number of carbonyl (C=O) groups is 1. The van der Waals surface area contributed by atoms with Gasteiger partial charge in [-0.25, -0.2) is 4.79 Å². The normalized spacial score (nSPS) is 20.7. The van der Waals surface area contributed by atoms with Crippen molar-refractivity contribution in [2.45, 2.75) is 25.6 Å². The van der Waals surface area contributed by atoms with E-state index in [1.54, 1.807) is 31.2 Å². The number of aliphatic hydroxyl groups is 1. The van der Waals surface area contributed by atoms with Crippen LogP contribution in [0.4, 0.5) is 0 Å². The van der Waals surface area contributed by atoms with Crippen LogP contribution in [-0.2, 0) is 23.7 Å². The number of carboxylic acid groups (broad SMARTS) is 1. The highest BCUT2D eigenvalue weighted by atomic mass is 16.7. The fraction of sp³-hybridized carbons (Fsp3) is 0.478. The molecule has 1 aromatic heterocycles. The topological polar surface area (TPSA) is 125 Å². The summed E-state index contributed by atoms with van der Waals surface area (Å²) in [5, 5.41) is 18.7. The lowest BCUT2D eigenvalue weighted by Gasteiger charge is -2.36. The molecule has 0 saturated carbocycles. The Labute approximate surface area is 185 Å². The van der Waals surface area contributed by atoms with E-state index in [-0.39, 0.29) is 30.3 Å². The molecule has 174 valence electrons. The van der Waals surface area contributed by atoms with Gasteiger partial charge in [0.05, 0.1) is 38.1 Å². The third-order valence-corrected chi connectivity index (χ3v) is 5.20. The van der Waals surface area contributed by atoms with Crippen molar-refractivity contribution in [2.75, 3.05) is 39.6 Å². The molecule has 2 N–H and O–H groups in total. The number of allylic oxidation sites excluding steroid dienone is 1. The van der Waals surface area contributed by atoms with Crippen molar-refractivity contribution in [3.8, 4) is 0 Å². The number of benzene rings is 1. The lowest BCUT2D eigenvalue weighted by Crippen LogP contribution is -2.38. The highest BCUT2D eigenvalue weighted by Gasteiger charge is 2.39. The van der Waals surface area contributed by atoms with Crippen LogP contribution in [0.5, 0.6) is 0 Å². The Hall–Kier alpha value is -2.72. The first-order valence-electron chi connectivity index (χ1n) is 10.6. The maximum Gasteiger partial charge on any atom is 0.370 e. The Balaban J connectivity index is 1.87. The Kier molecular flexibility index (Phi) is 8.81. The molecule has 1 aromatic carbocycles. The van der Waals surface area contributed by atoms with Crippen molar-refractivity contribution < 1.29 is 38.4 Å². The maximum atomic E-state index is 13.2. The third kappa shape index (κ3) is 5.74. The molecule has 3 atom stereocenters. The van der Waals surface area contributed by atoms with Gasteiger partial charge >= 0.3 is 5.97 Å². The van der Waals surface area contributed by atoms with E-state index in [9.17, 15) is 14.7 Å². The van der Waals surface area contributed by atoms with E-state index in [0.29, 0.717) is 49.4 Å². The molecule has 3 unspecified atom stereocenters. The van der Waals surface area contributed by atoms with Crippen molar-refractivity contribution in [3.63, 3.8) is 0 Å². The van der Waals surface area contributed by atoms with Crippen LogP contribution in [0.1, 0.15) is 24.8 Å². The van der Waals surface area contributed by atoms with Gasteiger partial charge < -0.3 is 33.6 Å². The smallest absolute Gasteiger partial charge is 0.370 e. The second-order valence-corrected chi connectivity index (χ2v) is 7.22. The Morgan fingerprint density at radius 2 is 1.88 bits per heavy atom. The molecule has 3 rings (SSSR count). The fourth-order valence-electron chi connectivity index (χ4n) is 3.72. The van der Waals surface area contributed by atoms with Gasteiger partial charge in [0, 0.05) is 30.6 Å². The molecule has 2 heterocycles. The molecule has 0 radical (unpaired) electrons. The van der Waals surface area contributed by atoms with Crippen LogP contribution in [0.3, 0.4) is 0 Å². The first-order valence-corrected chi connectivity index (χ1v) is 10.6. The number of ether oxygens (including phenoxy) is 4. The van der Waals surface area contributed by atoms with Gasteiger partial charge in [0.2, 0.25) is 12.0 Å². The summed E-state index contributed by atoms with van der Waals surface area (Å²) in [5.74, 6) is -2.47. The predicted molar refractivity (Wildman–Crippen MR) is 114 cm³/mol. The Bertz CT molecular complexity index is 981. The molecule has 0 fully saturated rings. The van der Waals surface area contributed by atoms with Crippen LogP contribution < -0.4 is 5.43 Å². The summed E-state index contributed by atoms with van der Waals surface area (Å²) in [6, 6.07) is 6.91. The number of aliphatic carboxylic acids is 1. The van der Waals surface area contributed by atoms with Gasteiger partial charge in [-0.1, -0.05) is 12.1 Å². The standard InChI is InChI=1S/C23H28O9/c1-2-30-23-15(7-9-28-11-12-29-10-8-24)17(13-20(32-23)22(26)27)18-14-31-19-6-4-3-5-16(19)21(18)25/h3-6,13-15,17,23-24H,2,7-12H2,1H3,(H,26,27). The van der Waals surface area contributed by atoms with Crippen molar-refractivity contribution in [1.82, 2.24) is 0 Å². The molecule has 0 aliphatic carbocycles. The summed E-state index contributed by atoms with van der Waals surface area (Å²) in [5.41, 5.74) is 0.574. The molecule has 9 heteroatoms. The number of para-hydroxylation sites is 1. The molecule has 0 amide bonds. The van der Waals surface area contributed by atoms with Crippen molar-refractivity contribution in [2.24, 2.45) is 5.92 Å². The molecule has 2 aromatic rings. The summed E-state index contributed by atoms with van der Waals surface area (Å²) in [6.45, 7) is 3.30. The highest BCUT2D eigenvalue weighted by molar-refractivity contribution is 5.84. The van der Waals surface area contributed by atoms with Crippen LogP contribution in [0.2, 0.25) is 0 Å². The van der Waals surface area contributed by atoms with Gasteiger partial charge in [-0.05, 0) is 31.6 Å². The van der Waals surface area contributed by atoms with E-state index in [1.165, 1.54) is 12.3 Å². The van der Waals surface area contributed by atoms with Gasteiger partial charge in [0.15, 0.2) is 5.43 Å². The number of hydrogen-bond acceptors (Lipinski definition) is 8. The zero-order chi connectivity index (χ0) is 22.9. The second kappa shape index (κ2) is 11.8. The van der Waals surface area contributed by atoms with Gasteiger partial charge in [-0.2, -0.15) is 0 Å². The van der Waals surface area contributed by atoms with Crippen molar-refractivity contribution >= 4 is 16.9 Å². The molecule has 1 aliphatic heterocycles. The number of carboxylic acids is 1. The molecule has 0 saturated heterocycles. The van der Waals surface area contributed by atoms with E-state index in [1.807, 2.05) is 0 Å². The van der Waals surface area contributed by atoms with Crippen LogP contribution in [0, 0.1) is 5.92 Å². The second-order valence-electron chi connectivity index (χ2n) is 7.22. The summed E-state index contributed by atoms with van der Waals surface area (Å²) >= 11 is 0. The number of aliphatic hydroxyl groups excluding tert-OH is 1. The number of rotatable bonds is 12. The number of hydrogen-bond donors (Lipinski definition) is 2. The predicted octanol–water partition coefficient (Wildman–Crippen LogP) is 2.27. The first-order chi connectivity index (χ1) is 15.6. The van der Waals surface area contributed by atoms with E-state index in [2.05, 4.69) is 0 Å². The average Bonchev–Trinajstić information content (AvgIpc) is 2.79. The molecule has 32 heavy (non-hydrogen) atoms. The average molecular weight is 448 g/mol. The molecular formula is C23H28O9. The Morgan fingerprint density at radius 3 is 2.59 bits per heavy atom. The monoisotopic (exact) mass is 448 g/mol. The molecule has 0 spiro atoms. The maximum absolute atomic E-state index is 13.2. The van der Waals surface area contributed by atoms with Gasteiger partial charge in [-0.3, -0.25) is 4.79 Å². The summed E-state index contributed by atoms with van der Waals surface area (Å²) in [6.07, 6.45) is 2.41. The van der Waals surface area contributed by atoms with Gasteiger partial charge in [0.1, 0.15) is 5.58 Å². The zero-order valence-corrected chi connectivity index (χ0v) is 17.9. The van der Waals surface area contributed by atoms with E-state index in [4.69, 9.17) is 28.5 Å². The number of fused-ring (bicyclic) bond motifs is 1. The first kappa shape index (κ1) is 23.9. The van der Waals surface area contributed by atoms with E-state index >= 15 is 0 Å². The lowest BCUT2D eigenvalue weighted by molar-refractivity contribution is -0.174. The minimum absolute atomic E-state index is 0.0519. The van der Waals surface area contributed by atoms with Crippen LogP contribution in [0.25, 0.3) is 11.0 Å². The molecule has 0 bridgehead atoms. The van der Waals surface area contributed by atoms with Crippen molar-refractivity contribution in [1.29, 1.82) is 0 Å². The minimum Gasteiger partial charge on any atom is -0.475 e. The Morgan fingerprint density at radius 1 is 1.12 bits per heavy atom. The van der Waals surface area contributed by atoms with Crippen molar-refractivity contribution in [3.05, 3.63) is 58.2 Å². The summed E-state index contributed by atoms with van der Waals surface area (Å²) in [4.78, 5) is 24.9. The van der Waals surface area contributed by atoms with Crippen LogP contribution in [-0.4, -0.2) is 62.1 Å². The molecule has 1 aliphatic rings. The van der Waals surface area contributed by atoms with Gasteiger partial charge in [-0.15, -0.1) is 0 Å². The van der Waals surface area contributed by atoms with E-state index < -0.39 is 18.2 Å². The molecular weight excluding hydrogens is 420 g/mol. The molecule has 9 nitrogen and oxygen atoms in total. The van der Waals surface area contributed by atoms with E-state index in [0.717, 1.165) is 0 Å². The summed E-state index contributed by atoms with van der Waals surface area (Å²) in [7, 11) is 0. The zero-order valence-electron chi connectivity index (χ0n) is 17.9. The largest absolute Gasteiger partial charge is 0.475 e. The van der Waals surface area contributed by atoms with Crippen LogP contribution >= 0.6 is 0 Å². The summed E-state index contributed by atoms with van der Waals surface area (Å²) < 4.78 is 27.7. The quantitative estimate of drug-likeness (QED) is 0.470. The van der Waals surface area contributed by atoms with Gasteiger partial charge in [0.25, 0.3) is 0 Å².